The fourth-order valence-electron chi connectivity index (χ4n) is 10.8. The molecular formula is C43H74N8O3. The summed E-state index contributed by atoms with van der Waals surface area (Å²) in [5, 5.41) is 17.1. The van der Waals surface area contributed by atoms with Crippen molar-refractivity contribution in [3.63, 3.8) is 0 Å². The fourth-order valence-corrected chi connectivity index (χ4v) is 10.8. The highest BCUT2D eigenvalue weighted by atomic mass is 16.5. The number of hydrogen-bond donors (Lipinski definition) is 2. The van der Waals surface area contributed by atoms with Crippen molar-refractivity contribution in [3.05, 3.63) is 33.9 Å². The highest BCUT2D eigenvalue weighted by Crippen LogP contribution is 2.50. The average molecular weight is 751 g/mol. The number of ether oxygens (including phenoxy) is 3. The van der Waals surface area contributed by atoms with E-state index < -0.39 is 0 Å². The SMILES string of the molecule is CCC1(COCCC2Cn3nc(CN(C)CCNC)c([C@H]4CC[C@]5(CCCOC5)CC4)c3CO2)CCC(c2c(CN(C)CCNC)nn3c2CCC3)CC1. The van der Waals surface area contributed by atoms with Crippen LogP contribution in [0.15, 0.2) is 0 Å². The average Bonchev–Trinajstić information content (AvgIpc) is 3.89. The van der Waals surface area contributed by atoms with E-state index in [1.165, 1.54) is 112 Å². The van der Waals surface area contributed by atoms with Crippen molar-refractivity contribution in [1.29, 1.82) is 0 Å². The lowest BCUT2D eigenvalue weighted by Gasteiger charge is -2.43. The first-order valence-electron chi connectivity index (χ1n) is 21.9. The molecule has 0 radical (unpaired) electrons. The third kappa shape index (κ3) is 9.29. The molecule has 11 heteroatoms. The highest BCUT2D eigenvalue weighted by molar-refractivity contribution is 5.33. The second-order valence-electron chi connectivity index (χ2n) is 18.1. The first kappa shape index (κ1) is 40.3. The third-order valence-corrected chi connectivity index (χ3v) is 14.3. The van der Waals surface area contributed by atoms with Gasteiger partial charge in [0, 0.05) is 75.8 Å². The maximum absolute atomic E-state index is 6.63. The Balaban J connectivity index is 0.926. The van der Waals surface area contributed by atoms with E-state index >= 15 is 0 Å². The van der Waals surface area contributed by atoms with Crippen LogP contribution in [0.5, 0.6) is 0 Å². The molecule has 1 spiro atoms. The lowest BCUT2D eigenvalue weighted by Crippen LogP contribution is -2.36. The minimum absolute atomic E-state index is 0.150. The van der Waals surface area contributed by atoms with Gasteiger partial charge in [-0.15, -0.1) is 0 Å². The number of aromatic nitrogens is 4. The maximum atomic E-state index is 6.63. The van der Waals surface area contributed by atoms with Crippen LogP contribution in [0.25, 0.3) is 0 Å². The van der Waals surface area contributed by atoms with Gasteiger partial charge in [-0.3, -0.25) is 19.2 Å². The quantitative estimate of drug-likeness (QED) is 0.182. The summed E-state index contributed by atoms with van der Waals surface area (Å²) in [4.78, 5) is 4.85. The monoisotopic (exact) mass is 751 g/mol. The second kappa shape index (κ2) is 18.6. The lowest BCUT2D eigenvalue weighted by atomic mass is 9.66. The van der Waals surface area contributed by atoms with Crippen molar-refractivity contribution in [2.75, 3.05) is 80.8 Å². The summed E-state index contributed by atoms with van der Waals surface area (Å²) >= 11 is 0. The van der Waals surface area contributed by atoms with Crippen LogP contribution in [-0.4, -0.2) is 116 Å². The van der Waals surface area contributed by atoms with E-state index in [0.717, 1.165) is 85.2 Å². The smallest absolute Gasteiger partial charge is 0.0892 e. The van der Waals surface area contributed by atoms with Gasteiger partial charge in [0.1, 0.15) is 0 Å². The summed E-state index contributed by atoms with van der Waals surface area (Å²) in [6.45, 7) is 14.4. The van der Waals surface area contributed by atoms with Gasteiger partial charge in [-0.2, -0.15) is 10.2 Å². The van der Waals surface area contributed by atoms with E-state index in [1.807, 2.05) is 14.1 Å². The Morgan fingerprint density at radius 2 is 1.48 bits per heavy atom. The minimum atomic E-state index is 0.150. The molecule has 3 fully saturated rings. The summed E-state index contributed by atoms with van der Waals surface area (Å²) in [6.07, 6.45) is 17.3. The van der Waals surface area contributed by atoms with Crippen LogP contribution >= 0.6 is 0 Å². The van der Waals surface area contributed by atoms with E-state index in [2.05, 4.69) is 50.8 Å². The molecule has 54 heavy (non-hydrogen) atoms. The molecule has 0 amide bonds. The number of aryl methyl sites for hydroxylation is 1. The molecule has 1 saturated heterocycles. The molecule has 11 nitrogen and oxygen atoms in total. The third-order valence-electron chi connectivity index (χ3n) is 14.3. The van der Waals surface area contributed by atoms with Gasteiger partial charge in [0.2, 0.25) is 0 Å². The second-order valence-corrected chi connectivity index (χ2v) is 18.1. The molecule has 2 aliphatic carbocycles. The molecule has 7 rings (SSSR count). The van der Waals surface area contributed by atoms with Crippen molar-refractivity contribution in [2.45, 2.75) is 148 Å². The van der Waals surface area contributed by atoms with Gasteiger partial charge >= 0.3 is 0 Å². The number of hydrogen-bond acceptors (Lipinski definition) is 9. The van der Waals surface area contributed by atoms with Gasteiger partial charge in [-0.05, 0) is 141 Å². The van der Waals surface area contributed by atoms with Crippen molar-refractivity contribution in [3.8, 4) is 0 Å². The minimum Gasteiger partial charge on any atom is -0.381 e. The van der Waals surface area contributed by atoms with Crippen molar-refractivity contribution in [1.82, 2.24) is 40.0 Å². The van der Waals surface area contributed by atoms with Gasteiger partial charge in [0.25, 0.3) is 0 Å². The summed E-state index contributed by atoms with van der Waals surface area (Å²) in [5.41, 5.74) is 9.28. The molecule has 2 aromatic rings. The molecule has 2 saturated carbocycles. The largest absolute Gasteiger partial charge is 0.381 e. The first-order valence-corrected chi connectivity index (χ1v) is 21.9. The van der Waals surface area contributed by atoms with Gasteiger partial charge < -0.3 is 24.8 Å². The molecule has 2 N–H and O–H groups in total. The number of nitrogens with zero attached hydrogens (tertiary/aromatic N) is 6. The Labute approximate surface area is 326 Å². The predicted octanol–water partition coefficient (Wildman–Crippen LogP) is 5.84. The molecule has 0 aromatic carbocycles. The molecule has 5 heterocycles. The van der Waals surface area contributed by atoms with Crippen LogP contribution in [-0.2, 0) is 53.4 Å². The van der Waals surface area contributed by atoms with E-state index in [-0.39, 0.29) is 11.5 Å². The first-order chi connectivity index (χ1) is 26.3. The van der Waals surface area contributed by atoms with Gasteiger partial charge in [0.15, 0.2) is 0 Å². The van der Waals surface area contributed by atoms with Gasteiger partial charge in [-0.1, -0.05) is 6.92 Å². The number of fused-ring (bicyclic) bond motifs is 2. The van der Waals surface area contributed by atoms with Crippen LogP contribution in [0, 0.1) is 10.8 Å². The Morgan fingerprint density at radius 3 is 2.11 bits per heavy atom. The van der Waals surface area contributed by atoms with Crippen LogP contribution in [0.1, 0.15) is 136 Å². The number of likely N-dealkylation sites (N-methyl/N-ethyl adjacent to an activating group) is 4. The molecule has 1 atom stereocenters. The Morgan fingerprint density at radius 1 is 0.833 bits per heavy atom. The van der Waals surface area contributed by atoms with Crippen molar-refractivity contribution >= 4 is 0 Å². The zero-order chi connectivity index (χ0) is 37.5. The number of rotatable bonds is 18. The van der Waals surface area contributed by atoms with Gasteiger partial charge in [0.05, 0.1) is 49.6 Å². The predicted molar refractivity (Wildman–Crippen MR) is 215 cm³/mol. The summed E-state index contributed by atoms with van der Waals surface area (Å²) in [6, 6.07) is 0. The van der Waals surface area contributed by atoms with Crippen LogP contribution in [0.2, 0.25) is 0 Å². The summed E-state index contributed by atoms with van der Waals surface area (Å²) in [5.74, 6) is 1.20. The Hall–Kier alpha value is -1.86. The van der Waals surface area contributed by atoms with Crippen molar-refractivity contribution < 1.29 is 14.2 Å². The Bertz CT molecular complexity index is 1470. The summed E-state index contributed by atoms with van der Waals surface area (Å²) in [7, 11) is 8.53. The van der Waals surface area contributed by atoms with E-state index in [9.17, 15) is 0 Å². The zero-order valence-corrected chi connectivity index (χ0v) is 34.7. The standard InChI is InChI=1S/C43H74N8O3/c1-6-42(16-10-33(11-17-42)40-36(28-48(4)23-20-44-2)46-50-22-7-9-38(40)50)31-53-26-14-35-27-51-39(30-54-35)41(37(47-51)29-49(5)24-21-45-3)34-12-18-43(19-13-34)15-8-25-52-32-43/h33-35,44-45H,6-32H2,1-5H3/t33?,34-,35?,42?,43+. The lowest BCUT2D eigenvalue weighted by molar-refractivity contribution is -0.0386. The molecule has 2 aromatic heterocycles. The van der Waals surface area contributed by atoms with E-state index in [0.29, 0.717) is 23.9 Å². The van der Waals surface area contributed by atoms with Crippen LogP contribution in [0.3, 0.4) is 0 Å². The fraction of sp³-hybridized carbons (Fsp3) is 0.860. The molecule has 0 bridgehead atoms. The Kier molecular flexibility index (Phi) is 13.9. The van der Waals surface area contributed by atoms with Crippen LogP contribution < -0.4 is 10.6 Å². The van der Waals surface area contributed by atoms with Gasteiger partial charge in [-0.25, -0.2) is 0 Å². The van der Waals surface area contributed by atoms with Crippen molar-refractivity contribution in [2.24, 2.45) is 10.8 Å². The molecule has 3 aliphatic heterocycles. The molecular weight excluding hydrogens is 677 g/mol. The highest BCUT2D eigenvalue weighted by Gasteiger charge is 2.41. The van der Waals surface area contributed by atoms with Crippen LogP contribution in [0.4, 0.5) is 0 Å². The molecule has 304 valence electrons. The zero-order valence-electron chi connectivity index (χ0n) is 34.7. The van der Waals surface area contributed by atoms with E-state index in [1.54, 1.807) is 5.56 Å². The normalized spacial score (nSPS) is 28.7. The molecule has 5 aliphatic rings. The topological polar surface area (TPSA) is 93.9 Å². The van der Waals surface area contributed by atoms with E-state index in [4.69, 9.17) is 24.4 Å². The number of nitrogens with one attached hydrogen (secondary N) is 2. The molecule has 1 unspecified atom stereocenters. The summed E-state index contributed by atoms with van der Waals surface area (Å²) < 4.78 is 23.9. The maximum Gasteiger partial charge on any atom is 0.0892 e.